The first-order valence-electron chi connectivity index (χ1n) is 6.45. The van der Waals surface area contributed by atoms with Crippen LogP contribution in [0, 0.1) is 0 Å². The van der Waals surface area contributed by atoms with Gasteiger partial charge in [-0.2, -0.15) is 0 Å². The molecule has 0 aliphatic rings. The Morgan fingerprint density at radius 1 is 1.32 bits per heavy atom. The van der Waals surface area contributed by atoms with Crippen LogP contribution < -0.4 is 15.4 Å². The van der Waals surface area contributed by atoms with E-state index in [0.29, 0.717) is 13.2 Å². The second-order valence-electron chi connectivity index (χ2n) is 4.02. The number of ether oxygens (including phenoxy) is 2. The zero-order valence-corrected chi connectivity index (χ0v) is 11.6. The zero-order valence-electron chi connectivity index (χ0n) is 11.6. The number of nitrogens with one attached hydrogen (secondary N) is 2. The number of carbonyl (C=O) groups excluding carboxylic acids is 1. The molecule has 0 bridgehead atoms. The number of hydrogen-bond donors (Lipinski definition) is 2. The van der Waals surface area contributed by atoms with Gasteiger partial charge in [0.25, 0.3) is 5.91 Å². The Balaban J connectivity index is 2.41. The molecular formula is C14H22N2O3. The van der Waals surface area contributed by atoms with Crippen molar-refractivity contribution in [2.24, 2.45) is 0 Å². The van der Waals surface area contributed by atoms with E-state index >= 15 is 0 Å². The highest BCUT2D eigenvalue weighted by molar-refractivity contribution is 5.77. The molecule has 2 N–H and O–H groups in total. The fourth-order valence-electron chi connectivity index (χ4n) is 1.54. The lowest BCUT2D eigenvalue weighted by Crippen LogP contribution is -2.31. The summed E-state index contributed by atoms with van der Waals surface area (Å²) in [6, 6.07) is 7.71. The average Bonchev–Trinajstić information content (AvgIpc) is 2.44. The van der Waals surface area contributed by atoms with Crippen molar-refractivity contribution in [2.75, 3.05) is 33.4 Å². The topological polar surface area (TPSA) is 59.6 Å². The van der Waals surface area contributed by atoms with Crippen molar-refractivity contribution in [3.05, 3.63) is 29.8 Å². The van der Waals surface area contributed by atoms with Crippen molar-refractivity contribution in [3.8, 4) is 5.75 Å². The first kappa shape index (κ1) is 15.5. The summed E-state index contributed by atoms with van der Waals surface area (Å²) in [4.78, 5) is 11.5. The molecule has 106 valence electrons. The third kappa shape index (κ3) is 6.22. The summed E-state index contributed by atoms with van der Waals surface area (Å²) in [5.41, 5.74) is 1.05. The van der Waals surface area contributed by atoms with Gasteiger partial charge < -0.3 is 20.1 Å². The van der Waals surface area contributed by atoms with Crippen molar-refractivity contribution >= 4 is 5.91 Å². The van der Waals surface area contributed by atoms with E-state index in [2.05, 4.69) is 10.6 Å². The van der Waals surface area contributed by atoms with Gasteiger partial charge in [0.2, 0.25) is 0 Å². The van der Waals surface area contributed by atoms with E-state index in [-0.39, 0.29) is 12.5 Å². The summed E-state index contributed by atoms with van der Waals surface area (Å²) in [5.74, 6) is 0.598. The van der Waals surface area contributed by atoms with E-state index in [4.69, 9.17) is 9.47 Å². The van der Waals surface area contributed by atoms with Crippen LogP contribution in [0.4, 0.5) is 0 Å². The summed E-state index contributed by atoms with van der Waals surface area (Å²) >= 11 is 0. The van der Waals surface area contributed by atoms with E-state index in [1.807, 2.05) is 31.2 Å². The van der Waals surface area contributed by atoms with Gasteiger partial charge in [-0.3, -0.25) is 4.79 Å². The number of para-hydroxylation sites is 1. The molecule has 0 saturated heterocycles. The molecule has 0 radical (unpaired) electrons. The van der Waals surface area contributed by atoms with Crippen LogP contribution in [0.5, 0.6) is 5.75 Å². The summed E-state index contributed by atoms with van der Waals surface area (Å²) in [6.07, 6.45) is 0. The van der Waals surface area contributed by atoms with Gasteiger partial charge in [0, 0.05) is 25.8 Å². The number of rotatable bonds is 9. The Kier molecular flexibility index (Phi) is 7.62. The molecule has 0 aliphatic heterocycles. The summed E-state index contributed by atoms with van der Waals surface area (Å²) in [5, 5.41) is 5.95. The fourth-order valence-corrected chi connectivity index (χ4v) is 1.54. The fraction of sp³-hybridized carbons (Fsp3) is 0.500. The predicted octanol–water partition coefficient (Wildman–Crippen LogP) is 0.937. The van der Waals surface area contributed by atoms with Gasteiger partial charge in [0.1, 0.15) is 5.75 Å². The molecule has 5 nitrogen and oxygen atoms in total. The normalized spacial score (nSPS) is 10.2. The highest BCUT2D eigenvalue weighted by Crippen LogP contribution is 2.17. The molecule has 0 aromatic heterocycles. The molecule has 0 spiro atoms. The van der Waals surface area contributed by atoms with Gasteiger partial charge in [0.05, 0.1) is 6.61 Å². The number of hydrogen-bond acceptors (Lipinski definition) is 4. The van der Waals surface area contributed by atoms with Gasteiger partial charge in [-0.15, -0.1) is 0 Å². The van der Waals surface area contributed by atoms with Crippen LogP contribution in [0.2, 0.25) is 0 Å². The Morgan fingerprint density at radius 2 is 2.11 bits per heavy atom. The average molecular weight is 266 g/mol. The number of carbonyl (C=O) groups is 1. The Bertz CT molecular complexity index is 383. The van der Waals surface area contributed by atoms with Gasteiger partial charge in [-0.1, -0.05) is 25.1 Å². The first-order valence-corrected chi connectivity index (χ1v) is 6.45. The molecule has 19 heavy (non-hydrogen) atoms. The lowest BCUT2D eigenvalue weighted by Gasteiger charge is -2.11. The van der Waals surface area contributed by atoms with Crippen molar-refractivity contribution in [2.45, 2.75) is 13.5 Å². The van der Waals surface area contributed by atoms with E-state index in [9.17, 15) is 4.79 Å². The molecule has 0 heterocycles. The molecule has 5 heteroatoms. The minimum absolute atomic E-state index is 0.0207. The van der Waals surface area contributed by atoms with E-state index in [1.54, 1.807) is 7.11 Å². The van der Waals surface area contributed by atoms with Crippen LogP contribution in [0.15, 0.2) is 24.3 Å². The van der Waals surface area contributed by atoms with Gasteiger partial charge in [-0.25, -0.2) is 0 Å². The summed E-state index contributed by atoms with van der Waals surface area (Å²) in [6.45, 7) is 4.70. The molecule has 1 aromatic rings. The maximum absolute atomic E-state index is 11.5. The van der Waals surface area contributed by atoms with Crippen LogP contribution in [0.25, 0.3) is 0 Å². The van der Waals surface area contributed by atoms with Gasteiger partial charge in [0.15, 0.2) is 6.61 Å². The molecule has 0 unspecified atom stereocenters. The number of amides is 1. The first-order chi connectivity index (χ1) is 9.27. The highest BCUT2D eigenvalue weighted by atomic mass is 16.5. The largest absolute Gasteiger partial charge is 0.483 e. The van der Waals surface area contributed by atoms with Crippen LogP contribution in [0.3, 0.4) is 0 Å². The molecular weight excluding hydrogens is 244 g/mol. The lowest BCUT2D eigenvalue weighted by molar-refractivity contribution is -0.123. The third-order valence-electron chi connectivity index (χ3n) is 2.53. The van der Waals surface area contributed by atoms with Gasteiger partial charge >= 0.3 is 0 Å². The SMILES string of the molecule is CCNCc1ccccc1OCC(=O)NCCOC. The molecule has 1 aromatic carbocycles. The van der Waals surface area contributed by atoms with Crippen molar-refractivity contribution in [3.63, 3.8) is 0 Å². The Morgan fingerprint density at radius 3 is 2.84 bits per heavy atom. The predicted molar refractivity (Wildman–Crippen MR) is 74.2 cm³/mol. The smallest absolute Gasteiger partial charge is 0.258 e. The zero-order chi connectivity index (χ0) is 13.9. The molecule has 1 rings (SSSR count). The quantitative estimate of drug-likeness (QED) is 0.653. The van der Waals surface area contributed by atoms with Crippen LogP contribution in [-0.2, 0) is 16.1 Å². The van der Waals surface area contributed by atoms with E-state index < -0.39 is 0 Å². The number of methoxy groups -OCH3 is 1. The van der Waals surface area contributed by atoms with E-state index in [0.717, 1.165) is 24.4 Å². The number of benzene rings is 1. The summed E-state index contributed by atoms with van der Waals surface area (Å²) < 4.78 is 10.4. The maximum atomic E-state index is 11.5. The lowest BCUT2D eigenvalue weighted by atomic mass is 10.2. The summed E-state index contributed by atoms with van der Waals surface area (Å²) in [7, 11) is 1.60. The van der Waals surface area contributed by atoms with Crippen LogP contribution >= 0.6 is 0 Å². The van der Waals surface area contributed by atoms with Crippen molar-refractivity contribution < 1.29 is 14.3 Å². The van der Waals surface area contributed by atoms with E-state index in [1.165, 1.54) is 0 Å². The molecule has 0 aliphatic carbocycles. The molecule has 1 amide bonds. The van der Waals surface area contributed by atoms with Crippen molar-refractivity contribution in [1.82, 2.24) is 10.6 Å². The minimum Gasteiger partial charge on any atom is -0.483 e. The Hall–Kier alpha value is -1.59. The second-order valence-corrected chi connectivity index (χ2v) is 4.02. The monoisotopic (exact) mass is 266 g/mol. The molecule has 0 saturated carbocycles. The van der Waals surface area contributed by atoms with Crippen LogP contribution in [0.1, 0.15) is 12.5 Å². The van der Waals surface area contributed by atoms with Crippen LogP contribution in [-0.4, -0.2) is 39.3 Å². The molecule has 0 atom stereocenters. The second kappa shape index (κ2) is 9.35. The van der Waals surface area contributed by atoms with Gasteiger partial charge in [-0.05, 0) is 12.6 Å². The molecule has 0 fully saturated rings. The minimum atomic E-state index is -0.143. The van der Waals surface area contributed by atoms with Crippen molar-refractivity contribution in [1.29, 1.82) is 0 Å². The third-order valence-corrected chi connectivity index (χ3v) is 2.53. The standard InChI is InChI=1S/C14H22N2O3/c1-3-15-10-12-6-4-5-7-13(12)19-11-14(17)16-8-9-18-2/h4-7,15H,3,8-11H2,1-2H3,(H,16,17). The maximum Gasteiger partial charge on any atom is 0.258 e. The Labute approximate surface area is 114 Å². The highest BCUT2D eigenvalue weighted by Gasteiger charge is 2.05.